The van der Waals surface area contributed by atoms with E-state index in [0.717, 1.165) is 10.2 Å². The van der Waals surface area contributed by atoms with Gasteiger partial charge in [-0.25, -0.2) is 0 Å². The number of para-hydroxylation sites is 1. The number of carbonyl (C=O) groups excluding carboxylic acids is 1. The lowest BCUT2D eigenvalue weighted by Crippen LogP contribution is -2.36. The van der Waals surface area contributed by atoms with Crippen LogP contribution in [-0.4, -0.2) is 27.8 Å². The van der Waals surface area contributed by atoms with Gasteiger partial charge in [-0.05, 0) is 29.8 Å². The Balaban J connectivity index is 1.68. The Morgan fingerprint density at radius 1 is 1.13 bits per heavy atom. The van der Waals surface area contributed by atoms with E-state index in [2.05, 4.69) is 10.4 Å². The van der Waals surface area contributed by atoms with E-state index in [-0.39, 0.29) is 16.6 Å². The zero-order valence-corrected chi connectivity index (χ0v) is 17.9. The van der Waals surface area contributed by atoms with Crippen molar-refractivity contribution < 1.29 is 22.7 Å². The maximum absolute atomic E-state index is 13.1. The molecule has 0 aliphatic carbocycles. The second kappa shape index (κ2) is 9.80. The van der Waals surface area contributed by atoms with Crippen LogP contribution in [0.15, 0.2) is 54.6 Å². The third-order valence-corrected chi connectivity index (χ3v) is 4.88. The minimum Gasteiger partial charge on any atom is -0.467 e. The number of carbonyl (C=O) groups is 1. The van der Waals surface area contributed by atoms with Crippen molar-refractivity contribution in [1.29, 1.82) is 0 Å². The van der Waals surface area contributed by atoms with E-state index in [1.165, 1.54) is 12.1 Å². The second-order valence-electron chi connectivity index (χ2n) is 6.38. The molecule has 0 bridgehead atoms. The predicted octanol–water partition coefficient (Wildman–Crippen LogP) is 5.50. The van der Waals surface area contributed by atoms with Gasteiger partial charge < -0.3 is 10.1 Å². The number of alkyl halides is 4. The average Bonchev–Trinajstić information content (AvgIpc) is 3.13. The Morgan fingerprint density at radius 2 is 1.81 bits per heavy atom. The van der Waals surface area contributed by atoms with Crippen molar-refractivity contribution in [3.63, 3.8) is 0 Å². The van der Waals surface area contributed by atoms with Gasteiger partial charge in [0, 0.05) is 17.5 Å². The van der Waals surface area contributed by atoms with Crippen LogP contribution in [0.2, 0.25) is 10.0 Å². The molecule has 1 heterocycles. The molecule has 31 heavy (non-hydrogen) atoms. The van der Waals surface area contributed by atoms with Crippen LogP contribution in [0.4, 0.5) is 13.2 Å². The standard InChI is InChI=1S/C20H15Cl3F3N3O2/c21-13-7-5-12(6-8-13)9-17(23)27-18(30)11-31-19-10-16(20(24,25)26)28-29(19)15-4-2-1-3-14(15)22/h1-8,10,17H,9,11H2,(H,27,30). The van der Waals surface area contributed by atoms with Crippen molar-refractivity contribution in [2.75, 3.05) is 6.61 Å². The monoisotopic (exact) mass is 491 g/mol. The van der Waals surface area contributed by atoms with Gasteiger partial charge in [0.1, 0.15) is 5.50 Å². The zero-order chi connectivity index (χ0) is 22.6. The van der Waals surface area contributed by atoms with Gasteiger partial charge in [0.05, 0.1) is 10.7 Å². The molecule has 0 aliphatic rings. The number of nitrogens with zero attached hydrogens (tertiary/aromatic N) is 2. The van der Waals surface area contributed by atoms with Crippen molar-refractivity contribution in [3.05, 3.63) is 75.9 Å². The summed E-state index contributed by atoms with van der Waals surface area (Å²) in [7, 11) is 0. The molecule has 5 nitrogen and oxygen atoms in total. The van der Waals surface area contributed by atoms with Gasteiger partial charge >= 0.3 is 6.18 Å². The Labute approximate surface area is 190 Å². The number of ether oxygens (including phenoxy) is 1. The molecule has 1 atom stereocenters. The van der Waals surface area contributed by atoms with Crippen LogP contribution < -0.4 is 10.1 Å². The summed E-state index contributed by atoms with van der Waals surface area (Å²) in [5, 5.41) is 6.77. The fraction of sp³-hybridized carbons (Fsp3) is 0.200. The quantitative estimate of drug-likeness (QED) is 0.350. The summed E-state index contributed by atoms with van der Waals surface area (Å²) in [5.41, 5.74) is -0.914. The summed E-state index contributed by atoms with van der Waals surface area (Å²) in [6, 6.07) is 13.8. The number of hydrogen-bond acceptors (Lipinski definition) is 3. The number of nitrogens with one attached hydrogen (secondary N) is 1. The maximum Gasteiger partial charge on any atom is 0.435 e. The summed E-state index contributed by atoms with van der Waals surface area (Å²) in [6.45, 7) is -0.572. The van der Waals surface area contributed by atoms with Gasteiger partial charge in [-0.3, -0.25) is 4.79 Å². The molecular weight excluding hydrogens is 478 g/mol. The van der Waals surface area contributed by atoms with Gasteiger partial charge in [0.2, 0.25) is 5.88 Å². The Hall–Kier alpha value is -2.42. The number of aromatic nitrogens is 2. The Bertz CT molecular complexity index is 1060. The number of benzene rings is 2. The topological polar surface area (TPSA) is 56.1 Å². The van der Waals surface area contributed by atoms with Crippen LogP contribution in [0, 0.1) is 0 Å². The Morgan fingerprint density at radius 3 is 2.45 bits per heavy atom. The van der Waals surface area contributed by atoms with Gasteiger partial charge in [-0.1, -0.05) is 59.1 Å². The molecule has 0 fully saturated rings. The number of halogens is 6. The first kappa shape index (κ1) is 23.2. The van der Waals surface area contributed by atoms with Crippen LogP contribution >= 0.6 is 34.8 Å². The first-order valence-electron chi connectivity index (χ1n) is 8.86. The lowest BCUT2D eigenvalue weighted by atomic mass is 10.1. The highest BCUT2D eigenvalue weighted by Crippen LogP contribution is 2.33. The summed E-state index contributed by atoms with van der Waals surface area (Å²) >= 11 is 18.0. The molecule has 2 aromatic carbocycles. The first-order chi connectivity index (χ1) is 14.6. The fourth-order valence-corrected chi connectivity index (χ4v) is 3.28. The summed E-state index contributed by atoms with van der Waals surface area (Å²) in [6.07, 6.45) is -4.38. The summed E-state index contributed by atoms with van der Waals surface area (Å²) in [5.74, 6) is -0.908. The third kappa shape index (κ3) is 6.29. The third-order valence-electron chi connectivity index (χ3n) is 4.04. The van der Waals surface area contributed by atoms with E-state index < -0.39 is 29.9 Å². The molecule has 0 aliphatic heterocycles. The van der Waals surface area contributed by atoms with Crippen LogP contribution in [0.25, 0.3) is 5.69 Å². The molecule has 0 saturated carbocycles. The lowest BCUT2D eigenvalue weighted by molar-refractivity contribution is -0.141. The van der Waals surface area contributed by atoms with Crippen LogP contribution in [-0.2, 0) is 17.4 Å². The SMILES string of the molecule is O=C(COc1cc(C(F)(F)F)nn1-c1ccccc1Cl)NC(Cl)Cc1ccc(Cl)cc1. The molecule has 1 N–H and O–H groups in total. The number of rotatable bonds is 7. The molecule has 1 aromatic heterocycles. The van der Waals surface area contributed by atoms with Crippen LogP contribution in [0.1, 0.15) is 11.3 Å². The minimum atomic E-state index is -4.70. The molecule has 0 radical (unpaired) electrons. The lowest BCUT2D eigenvalue weighted by Gasteiger charge is -2.13. The molecule has 0 saturated heterocycles. The van der Waals surface area contributed by atoms with E-state index in [9.17, 15) is 18.0 Å². The molecule has 164 valence electrons. The molecule has 3 aromatic rings. The molecule has 1 unspecified atom stereocenters. The van der Waals surface area contributed by atoms with Crippen molar-refractivity contribution in [2.45, 2.75) is 18.1 Å². The number of hydrogen-bond donors (Lipinski definition) is 1. The van der Waals surface area contributed by atoms with Gasteiger partial charge in [0.25, 0.3) is 5.91 Å². The fourth-order valence-electron chi connectivity index (χ4n) is 2.64. The second-order valence-corrected chi connectivity index (χ2v) is 7.75. The average molecular weight is 493 g/mol. The predicted molar refractivity (Wildman–Crippen MR) is 112 cm³/mol. The molecule has 3 rings (SSSR count). The van der Waals surface area contributed by atoms with Gasteiger partial charge in [0.15, 0.2) is 12.3 Å². The Kier molecular flexibility index (Phi) is 7.35. The minimum absolute atomic E-state index is 0.164. The molecule has 0 spiro atoms. The first-order valence-corrected chi connectivity index (χ1v) is 10.1. The van der Waals surface area contributed by atoms with Crippen molar-refractivity contribution >= 4 is 40.7 Å². The molecular formula is C20H15Cl3F3N3O2. The van der Waals surface area contributed by atoms with E-state index >= 15 is 0 Å². The molecule has 1 amide bonds. The van der Waals surface area contributed by atoms with Crippen molar-refractivity contribution in [3.8, 4) is 11.6 Å². The maximum atomic E-state index is 13.1. The van der Waals surface area contributed by atoms with E-state index in [0.29, 0.717) is 17.5 Å². The molecule has 11 heteroatoms. The smallest absolute Gasteiger partial charge is 0.435 e. The highest BCUT2D eigenvalue weighted by Gasteiger charge is 2.36. The largest absolute Gasteiger partial charge is 0.467 e. The van der Waals surface area contributed by atoms with E-state index in [1.807, 2.05) is 0 Å². The van der Waals surface area contributed by atoms with Crippen LogP contribution in [0.3, 0.4) is 0 Å². The van der Waals surface area contributed by atoms with E-state index in [1.54, 1.807) is 36.4 Å². The summed E-state index contributed by atoms with van der Waals surface area (Å²) in [4.78, 5) is 12.2. The number of amides is 1. The highest BCUT2D eigenvalue weighted by molar-refractivity contribution is 6.32. The highest BCUT2D eigenvalue weighted by atomic mass is 35.5. The van der Waals surface area contributed by atoms with Crippen molar-refractivity contribution in [2.24, 2.45) is 0 Å². The van der Waals surface area contributed by atoms with Crippen LogP contribution in [0.5, 0.6) is 5.88 Å². The van der Waals surface area contributed by atoms with Crippen molar-refractivity contribution in [1.82, 2.24) is 15.1 Å². The summed E-state index contributed by atoms with van der Waals surface area (Å²) < 4.78 is 45.6. The van der Waals surface area contributed by atoms with E-state index in [4.69, 9.17) is 39.5 Å². The van der Waals surface area contributed by atoms with Gasteiger partial charge in [-0.15, -0.1) is 0 Å². The zero-order valence-electron chi connectivity index (χ0n) is 15.7. The van der Waals surface area contributed by atoms with Gasteiger partial charge in [-0.2, -0.15) is 23.0 Å². The normalized spacial score (nSPS) is 12.5.